The van der Waals surface area contributed by atoms with Crippen LogP contribution in [0.15, 0.2) is 22.7 Å². The lowest BCUT2D eigenvalue weighted by Gasteiger charge is -2.35. The van der Waals surface area contributed by atoms with Crippen molar-refractivity contribution in [2.45, 2.75) is 52.0 Å². The van der Waals surface area contributed by atoms with Gasteiger partial charge in [-0.25, -0.2) is 4.79 Å². The number of ether oxygens (including phenoxy) is 2. The lowest BCUT2D eigenvalue weighted by Crippen LogP contribution is -2.47. The van der Waals surface area contributed by atoms with Gasteiger partial charge in [-0.05, 0) is 68.2 Å². The van der Waals surface area contributed by atoms with E-state index in [9.17, 15) is 4.79 Å². The third-order valence-corrected chi connectivity index (χ3v) is 4.62. The zero-order chi connectivity index (χ0) is 16.7. The molecule has 4 nitrogen and oxygen atoms in total. The molecule has 1 aromatic carbocycles. The van der Waals surface area contributed by atoms with Gasteiger partial charge in [0.15, 0.2) is 0 Å². The summed E-state index contributed by atoms with van der Waals surface area (Å²) in [7, 11) is 0. The summed E-state index contributed by atoms with van der Waals surface area (Å²) in [4.78, 5) is 14.2. The van der Waals surface area contributed by atoms with Crippen molar-refractivity contribution in [3.8, 4) is 0 Å². The molecule has 0 saturated carbocycles. The van der Waals surface area contributed by atoms with E-state index in [0.29, 0.717) is 11.6 Å². The molecule has 0 aliphatic carbocycles. The fourth-order valence-electron chi connectivity index (χ4n) is 2.43. The van der Waals surface area contributed by atoms with Gasteiger partial charge in [0.2, 0.25) is 0 Å². The molecule has 0 radical (unpaired) electrons. The van der Waals surface area contributed by atoms with Crippen molar-refractivity contribution < 1.29 is 14.3 Å². The van der Waals surface area contributed by atoms with Crippen molar-refractivity contribution in [3.63, 3.8) is 0 Å². The molecule has 1 unspecified atom stereocenters. The Balaban J connectivity index is 2.33. The van der Waals surface area contributed by atoms with Crippen LogP contribution in [0.4, 0.5) is 4.79 Å². The van der Waals surface area contributed by atoms with Crippen molar-refractivity contribution in [2.75, 3.05) is 6.61 Å². The van der Waals surface area contributed by atoms with E-state index in [-0.39, 0.29) is 12.1 Å². The van der Waals surface area contributed by atoms with Crippen LogP contribution in [0, 0.1) is 0 Å². The topological polar surface area (TPSA) is 38.8 Å². The van der Waals surface area contributed by atoms with Crippen LogP contribution in [0.2, 0.25) is 5.02 Å². The number of hydrogen-bond donors (Lipinski definition) is 0. The van der Waals surface area contributed by atoms with Crippen molar-refractivity contribution in [1.29, 1.82) is 0 Å². The van der Waals surface area contributed by atoms with E-state index in [2.05, 4.69) is 15.9 Å². The zero-order valence-corrected chi connectivity index (χ0v) is 15.8. The summed E-state index contributed by atoms with van der Waals surface area (Å²) in [6.07, 6.45) is -0.383. The van der Waals surface area contributed by atoms with Crippen LogP contribution < -0.4 is 0 Å². The zero-order valence-electron chi connectivity index (χ0n) is 13.4. The molecule has 1 aromatic rings. The van der Waals surface area contributed by atoms with Crippen LogP contribution in [0.5, 0.6) is 0 Å². The van der Waals surface area contributed by atoms with Gasteiger partial charge in [-0.1, -0.05) is 17.7 Å². The van der Waals surface area contributed by atoms with Gasteiger partial charge in [0, 0.05) is 4.47 Å². The highest BCUT2D eigenvalue weighted by atomic mass is 79.9. The molecule has 1 amide bonds. The number of halogens is 2. The third kappa shape index (κ3) is 3.76. The standard InChI is InChI=1S/C16H21BrClNO3/c1-15(2,3)22-14(20)19-13(9-21-16(19,4)5)10-6-7-12(18)11(17)8-10/h6-8,13H,9H2,1-5H3. The van der Waals surface area contributed by atoms with Gasteiger partial charge in [0.05, 0.1) is 17.7 Å². The summed E-state index contributed by atoms with van der Waals surface area (Å²) < 4.78 is 12.1. The van der Waals surface area contributed by atoms with Gasteiger partial charge in [0.25, 0.3) is 0 Å². The Morgan fingerprint density at radius 3 is 2.64 bits per heavy atom. The highest BCUT2D eigenvalue weighted by molar-refractivity contribution is 9.10. The Morgan fingerprint density at radius 1 is 1.45 bits per heavy atom. The Morgan fingerprint density at radius 2 is 2.09 bits per heavy atom. The average molecular weight is 391 g/mol. The Labute approximate surface area is 144 Å². The van der Waals surface area contributed by atoms with E-state index in [1.54, 1.807) is 11.0 Å². The molecule has 2 rings (SSSR count). The molecule has 1 aliphatic heterocycles. The van der Waals surface area contributed by atoms with Gasteiger partial charge in [-0.2, -0.15) is 0 Å². The highest BCUT2D eigenvalue weighted by Gasteiger charge is 2.46. The predicted octanol–water partition coefficient (Wildman–Crippen LogP) is 5.15. The van der Waals surface area contributed by atoms with Crippen LogP contribution in [-0.4, -0.2) is 28.9 Å². The monoisotopic (exact) mass is 389 g/mol. The second-order valence-electron chi connectivity index (χ2n) is 6.80. The first-order valence-electron chi connectivity index (χ1n) is 7.12. The smallest absolute Gasteiger partial charge is 0.413 e. The maximum atomic E-state index is 12.6. The minimum Gasteiger partial charge on any atom is -0.444 e. The minimum absolute atomic E-state index is 0.210. The van der Waals surface area contributed by atoms with Gasteiger partial charge in [0.1, 0.15) is 11.3 Å². The maximum Gasteiger partial charge on any atom is 0.413 e. The largest absolute Gasteiger partial charge is 0.444 e. The molecule has 1 aliphatic rings. The molecule has 122 valence electrons. The van der Waals surface area contributed by atoms with Gasteiger partial charge in [-0.3, -0.25) is 4.90 Å². The van der Waals surface area contributed by atoms with E-state index in [1.165, 1.54) is 0 Å². The van der Waals surface area contributed by atoms with Gasteiger partial charge >= 0.3 is 6.09 Å². The lowest BCUT2D eigenvalue weighted by molar-refractivity contribution is -0.0626. The number of rotatable bonds is 1. The molecule has 22 heavy (non-hydrogen) atoms. The predicted molar refractivity (Wildman–Crippen MR) is 90.0 cm³/mol. The van der Waals surface area contributed by atoms with Gasteiger partial charge in [-0.15, -0.1) is 0 Å². The summed E-state index contributed by atoms with van der Waals surface area (Å²) in [5, 5.41) is 0.630. The van der Waals surface area contributed by atoms with Crippen LogP contribution in [0.1, 0.15) is 46.2 Å². The van der Waals surface area contributed by atoms with E-state index in [1.807, 2.05) is 46.8 Å². The van der Waals surface area contributed by atoms with Crippen LogP contribution in [0.3, 0.4) is 0 Å². The van der Waals surface area contributed by atoms with Crippen LogP contribution in [-0.2, 0) is 9.47 Å². The first kappa shape index (κ1) is 17.6. The van der Waals surface area contributed by atoms with Gasteiger partial charge < -0.3 is 9.47 Å². The quantitative estimate of drug-likeness (QED) is 0.666. The number of hydrogen-bond acceptors (Lipinski definition) is 3. The molecule has 1 saturated heterocycles. The SMILES string of the molecule is CC(C)(C)OC(=O)N1C(c2ccc(Cl)c(Br)c2)COC1(C)C. The Kier molecular flexibility index (Phi) is 4.81. The summed E-state index contributed by atoms with van der Waals surface area (Å²) in [5.74, 6) is 0. The van der Waals surface area contributed by atoms with Crippen molar-refractivity contribution >= 4 is 33.6 Å². The number of carbonyl (C=O) groups is 1. The molecule has 1 heterocycles. The number of carbonyl (C=O) groups excluding carboxylic acids is 1. The lowest BCUT2D eigenvalue weighted by atomic mass is 10.1. The van der Waals surface area contributed by atoms with Crippen molar-refractivity contribution in [2.24, 2.45) is 0 Å². The first-order chi connectivity index (χ1) is 10.0. The molecular formula is C16H21BrClNO3. The molecule has 0 N–H and O–H groups in total. The average Bonchev–Trinajstić information content (AvgIpc) is 2.66. The molecule has 6 heteroatoms. The summed E-state index contributed by atoms with van der Waals surface area (Å²) >= 11 is 9.47. The molecule has 0 aromatic heterocycles. The van der Waals surface area contributed by atoms with Crippen molar-refractivity contribution in [3.05, 3.63) is 33.3 Å². The first-order valence-corrected chi connectivity index (χ1v) is 8.29. The molecule has 0 bridgehead atoms. The third-order valence-electron chi connectivity index (χ3n) is 3.40. The molecule has 1 fully saturated rings. The fourth-order valence-corrected chi connectivity index (χ4v) is 2.94. The Hall–Kier alpha value is -0.780. The van der Waals surface area contributed by atoms with Crippen molar-refractivity contribution in [1.82, 2.24) is 4.90 Å². The highest BCUT2D eigenvalue weighted by Crippen LogP contribution is 2.39. The van der Waals surface area contributed by atoms with Crippen LogP contribution >= 0.6 is 27.5 Å². The second-order valence-corrected chi connectivity index (χ2v) is 8.06. The molecule has 0 spiro atoms. The second kappa shape index (κ2) is 6.02. The maximum absolute atomic E-state index is 12.6. The molecular weight excluding hydrogens is 370 g/mol. The van der Waals surface area contributed by atoms with E-state index in [0.717, 1.165) is 10.0 Å². The van der Waals surface area contributed by atoms with E-state index < -0.39 is 11.3 Å². The van der Waals surface area contributed by atoms with Crippen LogP contribution in [0.25, 0.3) is 0 Å². The van der Waals surface area contributed by atoms with E-state index >= 15 is 0 Å². The normalized spacial score (nSPS) is 21.0. The summed E-state index contributed by atoms with van der Waals surface area (Å²) in [6.45, 7) is 9.69. The number of nitrogens with zero attached hydrogens (tertiary/aromatic N) is 1. The fraction of sp³-hybridized carbons (Fsp3) is 0.562. The Bertz CT molecular complexity index is 583. The minimum atomic E-state index is -0.723. The van der Waals surface area contributed by atoms with E-state index in [4.69, 9.17) is 21.1 Å². The summed E-state index contributed by atoms with van der Waals surface area (Å²) in [5.41, 5.74) is -0.326. The summed E-state index contributed by atoms with van der Waals surface area (Å²) in [6, 6.07) is 5.41. The molecule has 1 atom stereocenters. The number of benzene rings is 1. The number of amides is 1.